The van der Waals surface area contributed by atoms with E-state index in [0.717, 1.165) is 16.7 Å². The molecular formula is C27H30FN3O3S. The Morgan fingerprint density at radius 3 is 2.74 bits per heavy atom. The maximum absolute atomic E-state index is 14.2. The van der Waals surface area contributed by atoms with Gasteiger partial charge in [-0.25, -0.2) is 9.37 Å². The molecule has 0 radical (unpaired) electrons. The second-order valence-corrected chi connectivity index (χ2v) is 10.5. The summed E-state index contributed by atoms with van der Waals surface area (Å²) < 4.78 is 20.2. The first kappa shape index (κ1) is 24.9. The summed E-state index contributed by atoms with van der Waals surface area (Å²) in [5.41, 5.74) is 2.58. The summed E-state index contributed by atoms with van der Waals surface area (Å²) in [6.07, 6.45) is 0.714. The number of amides is 2. The van der Waals surface area contributed by atoms with Crippen molar-refractivity contribution in [3.63, 3.8) is 0 Å². The number of rotatable bonds is 6. The van der Waals surface area contributed by atoms with Gasteiger partial charge >= 0.3 is 0 Å². The summed E-state index contributed by atoms with van der Waals surface area (Å²) >= 11 is 1.37. The van der Waals surface area contributed by atoms with Crippen molar-refractivity contribution in [2.75, 3.05) is 13.1 Å². The van der Waals surface area contributed by atoms with Gasteiger partial charge < -0.3 is 15.0 Å². The van der Waals surface area contributed by atoms with Crippen molar-refractivity contribution in [1.82, 2.24) is 15.2 Å². The van der Waals surface area contributed by atoms with Gasteiger partial charge in [0.25, 0.3) is 5.91 Å². The molecule has 3 aromatic rings. The van der Waals surface area contributed by atoms with E-state index in [-0.39, 0.29) is 24.2 Å². The highest BCUT2D eigenvalue weighted by atomic mass is 32.1. The van der Waals surface area contributed by atoms with Crippen molar-refractivity contribution in [2.45, 2.75) is 46.8 Å². The van der Waals surface area contributed by atoms with E-state index >= 15 is 0 Å². The molecule has 2 aromatic carbocycles. The zero-order chi connectivity index (χ0) is 25.2. The fourth-order valence-electron chi connectivity index (χ4n) is 4.25. The highest BCUT2D eigenvalue weighted by Crippen LogP contribution is 2.39. The molecule has 1 aromatic heterocycles. The number of nitrogens with one attached hydrogen (secondary N) is 1. The molecule has 0 bridgehead atoms. The number of nitrogens with zero attached hydrogens (tertiary/aromatic N) is 2. The first-order chi connectivity index (χ1) is 16.7. The Kier molecular flexibility index (Phi) is 7.21. The number of hydrogen-bond donors (Lipinski definition) is 1. The number of halogens is 1. The molecule has 0 saturated heterocycles. The number of hydrogen-bond acceptors (Lipinski definition) is 5. The molecule has 8 heteroatoms. The summed E-state index contributed by atoms with van der Waals surface area (Å²) in [4.78, 5) is 31.5. The molecule has 1 N–H and O–H groups in total. The van der Waals surface area contributed by atoms with E-state index < -0.39 is 11.5 Å². The van der Waals surface area contributed by atoms with Crippen molar-refractivity contribution >= 4 is 23.2 Å². The third-order valence-corrected chi connectivity index (χ3v) is 6.72. The molecule has 2 amide bonds. The highest BCUT2D eigenvalue weighted by Gasteiger charge is 2.37. The van der Waals surface area contributed by atoms with Crippen LogP contribution in [-0.2, 0) is 17.8 Å². The monoisotopic (exact) mass is 495 g/mol. The molecule has 35 heavy (non-hydrogen) atoms. The summed E-state index contributed by atoms with van der Waals surface area (Å²) in [6, 6.07) is 11.9. The molecule has 0 aliphatic carbocycles. The van der Waals surface area contributed by atoms with Crippen LogP contribution in [0.15, 0.2) is 47.8 Å². The van der Waals surface area contributed by atoms with Crippen molar-refractivity contribution in [1.29, 1.82) is 0 Å². The zero-order valence-corrected chi connectivity index (χ0v) is 21.2. The van der Waals surface area contributed by atoms with E-state index in [1.165, 1.54) is 23.5 Å². The minimum absolute atomic E-state index is 0.0180. The largest absolute Gasteiger partial charge is 0.486 e. The van der Waals surface area contributed by atoms with Crippen LogP contribution in [0.2, 0.25) is 0 Å². The van der Waals surface area contributed by atoms with Crippen LogP contribution in [0, 0.1) is 11.2 Å². The van der Waals surface area contributed by atoms with Gasteiger partial charge in [-0.15, -0.1) is 11.3 Å². The SMILES string of the molecule is CCNC(=O)c1csc(COc2ccc3c(c2)[C@H](c2cccc(F)c2)N(C(=O)C(C)(C)C)CC3)n1. The van der Waals surface area contributed by atoms with Gasteiger partial charge in [0.15, 0.2) is 0 Å². The van der Waals surface area contributed by atoms with Gasteiger partial charge in [-0.05, 0) is 54.3 Å². The molecule has 4 rings (SSSR count). The summed E-state index contributed by atoms with van der Waals surface area (Å²) in [5.74, 6) is 0.108. The predicted octanol–water partition coefficient (Wildman–Crippen LogP) is 5.13. The molecule has 6 nitrogen and oxygen atoms in total. The number of carbonyl (C=O) groups excluding carboxylic acids is 2. The number of carbonyl (C=O) groups is 2. The lowest BCUT2D eigenvalue weighted by molar-refractivity contribution is -0.141. The molecule has 184 valence electrons. The molecule has 0 saturated carbocycles. The van der Waals surface area contributed by atoms with Crippen LogP contribution in [0.4, 0.5) is 4.39 Å². The van der Waals surface area contributed by atoms with Crippen LogP contribution >= 0.6 is 11.3 Å². The molecule has 1 aliphatic rings. The number of aromatic nitrogens is 1. The minimum atomic E-state index is -0.566. The Hall–Kier alpha value is -3.26. The maximum Gasteiger partial charge on any atom is 0.270 e. The lowest BCUT2D eigenvalue weighted by atomic mass is 9.85. The fourth-order valence-corrected chi connectivity index (χ4v) is 4.93. The van der Waals surface area contributed by atoms with E-state index in [9.17, 15) is 14.0 Å². The van der Waals surface area contributed by atoms with Crippen LogP contribution in [-0.4, -0.2) is 34.8 Å². The van der Waals surface area contributed by atoms with Gasteiger partial charge in [0.05, 0.1) is 6.04 Å². The van der Waals surface area contributed by atoms with Gasteiger partial charge in [0.2, 0.25) is 5.91 Å². The lowest BCUT2D eigenvalue weighted by Gasteiger charge is -2.41. The molecule has 1 aliphatic heterocycles. The minimum Gasteiger partial charge on any atom is -0.486 e. The second-order valence-electron chi connectivity index (χ2n) is 9.59. The van der Waals surface area contributed by atoms with Crippen molar-refractivity contribution in [2.24, 2.45) is 5.41 Å². The zero-order valence-electron chi connectivity index (χ0n) is 20.4. The number of fused-ring (bicyclic) bond motifs is 1. The van der Waals surface area contributed by atoms with Gasteiger partial charge in [-0.2, -0.15) is 0 Å². The third-order valence-electron chi connectivity index (χ3n) is 5.90. The van der Waals surface area contributed by atoms with Crippen molar-refractivity contribution in [3.8, 4) is 5.75 Å². The molecule has 0 spiro atoms. The van der Waals surface area contributed by atoms with Gasteiger partial charge in [0, 0.05) is 23.9 Å². The van der Waals surface area contributed by atoms with Crippen LogP contribution in [0.25, 0.3) is 0 Å². The Morgan fingerprint density at radius 2 is 2.03 bits per heavy atom. The number of thiazole rings is 1. The lowest BCUT2D eigenvalue weighted by Crippen LogP contribution is -2.45. The summed E-state index contributed by atoms with van der Waals surface area (Å²) in [6.45, 7) is 8.88. The molecule has 0 fully saturated rings. The topological polar surface area (TPSA) is 71.5 Å². The first-order valence-electron chi connectivity index (χ1n) is 11.7. The van der Waals surface area contributed by atoms with Crippen LogP contribution in [0.3, 0.4) is 0 Å². The van der Waals surface area contributed by atoms with Gasteiger partial charge in [-0.1, -0.05) is 39.0 Å². The quantitative estimate of drug-likeness (QED) is 0.515. The van der Waals surface area contributed by atoms with Crippen molar-refractivity contribution in [3.05, 3.63) is 81.1 Å². The average molecular weight is 496 g/mol. The normalized spacial score (nSPS) is 15.5. The molecular weight excluding hydrogens is 465 g/mol. The van der Waals surface area contributed by atoms with Crippen LogP contribution in [0.5, 0.6) is 5.75 Å². The smallest absolute Gasteiger partial charge is 0.270 e. The van der Waals surface area contributed by atoms with Crippen LogP contribution in [0.1, 0.15) is 65.9 Å². The average Bonchev–Trinajstić information content (AvgIpc) is 3.30. The van der Waals surface area contributed by atoms with E-state index in [4.69, 9.17) is 4.74 Å². The van der Waals surface area contributed by atoms with E-state index in [1.807, 2.05) is 56.9 Å². The number of ether oxygens (including phenoxy) is 1. The maximum atomic E-state index is 14.2. The molecule has 1 atom stereocenters. The Labute approximate surface area is 209 Å². The molecule has 0 unspecified atom stereocenters. The van der Waals surface area contributed by atoms with E-state index in [1.54, 1.807) is 11.4 Å². The Balaban J connectivity index is 1.63. The Bertz CT molecular complexity index is 1230. The van der Waals surface area contributed by atoms with Gasteiger partial charge in [-0.3, -0.25) is 9.59 Å². The predicted molar refractivity (Wildman–Crippen MR) is 134 cm³/mol. The van der Waals surface area contributed by atoms with E-state index in [0.29, 0.717) is 36.0 Å². The third kappa shape index (κ3) is 5.53. The van der Waals surface area contributed by atoms with Crippen molar-refractivity contribution < 1.29 is 18.7 Å². The first-order valence-corrected chi connectivity index (χ1v) is 12.6. The summed E-state index contributed by atoms with van der Waals surface area (Å²) in [5, 5.41) is 5.14. The highest BCUT2D eigenvalue weighted by molar-refractivity contribution is 7.09. The standard InChI is InChI=1S/C27H30FN3O3S/c1-5-29-25(32)22-16-35-23(30-22)15-34-20-10-9-17-11-12-31(26(33)27(2,3)4)24(21(17)14-20)18-7-6-8-19(28)13-18/h6-10,13-14,16,24H,5,11-12,15H2,1-4H3,(H,29,32)/t24-/m0/s1. The second kappa shape index (κ2) is 10.2. The Morgan fingerprint density at radius 1 is 1.23 bits per heavy atom. The van der Waals surface area contributed by atoms with Gasteiger partial charge in [0.1, 0.15) is 28.9 Å². The summed E-state index contributed by atoms with van der Waals surface area (Å²) in [7, 11) is 0. The fraction of sp³-hybridized carbons (Fsp3) is 0.370. The van der Waals surface area contributed by atoms with Crippen LogP contribution < -0.4 is 10.1 Å². The number of benzene rings is 2. The molecule has 2 heterocycles. The van der Waals surface area contributed by atoms with E-state index in [2.05, 4.69) is 10.3 Å².